The molecule has 0 bridgehead atoms. The minimum atomic E-state index is 0. The van der Waals surface area contributed by atoms with Crippen molar-refractivity contribution in [3.8, 4) is 0 Å². The summed E-state index contributed by atoms with van der Waals surface area (Å²) in [6.45, 7) is 8.60. The zero-order valence-electron chi connectivity index (χ0n) is 24.6. The maximum absolute atomic E-state index is 4.89. The number of hydrogen-bond donors (Lipinski definition) is 0. The summed E-state index contributed by atoms with van der Waals surface area (Å²) in [6, 6.07) is 2.32. The van der Waals surface area contributed by atoms with Crippen molar-refractivity contribution in [1.82, 2.24) is 0 Å². The topological polar surface area (TPSA) is 49.4 Å². The van der Waals surface area contributed by atoms with Crippen LogP contribution in [0.5, 0.6) is 0 Å². The fourth-order valence-corrected chi connectivity index (χ4v) is 6.31. The maximum atomic E-state index is 4.89. The van der Waals surface area contributed by atoms with E-state index >= 15 is 0 Å². The third kappa shape index (κ3) is 12.7. The molecule has 0 spiro atoms. The Morgan fingerprint density at radius 2 is 0.486 bits per heavy atom. The van der Waals surface area contributed by atoms with Gasteiger partial charge in [-0.05, 0) is 79.1 Å². The molecule has 0 heterocycles. The Hall–Kier alpha value is -0.826. The first kappa shape index (κ1) is 32.4. The smallest absolute Gasteiger partial charge is 0.0528 e. The minimum absolute atomic E-state index is 0. The summed E-state index contributed by atoms with van der Waals surface area (Å²) in [5.74, 6) is 0. The fraction of sp³-hybridized carbons (Fsp3) is 0.875. The van der Waals surface area contributed by atoms with Gasteiger partial charge in [0.25, 0.3) is 0 Å². The van der Waals surface area contributed by atoms with E-state index in [1.54, 1.807) is 0 Å². The van der Waals surface area contributed by atoms with Crippen molar-refractivity contribution in [3.63, 3.8) is 0 Å². The average Bonchev–Trinajstić information content (AvgIpc) is 2.91. The molecule has 0 atom stereocenters. The van der Waals surface area contributed by atoms with Gasteiger partial charge < -0.3 is 0 Å². The second kappa shape index (κ2) is 18.5. The Kier molecular flexibility index (Phi) is 16.2. The van der Waals surface area contributed by atoms with E-state index < -0.39 is 0 Å². The van der Waals surface area contributed by atoms with E-state index in [1.165, 1.54) is 151 Å². The van der Waals surface area contributed by atoms with Gasteiger partial charge in [0, 0.05) is 16.5 Å². The summed E-state index contributed by atoms with van der Waals surface area (Å²) in [5, 5.41) is 0. The summed E-state index contributed by atoms with van der Waals surface area (Å²) >= 11 is 0. The van der Waals surface area contributed by atoms with E-state index in [4.69, 9.17) is 20.0 Å². The van der Waals surface area contributed by atoms with Crippen LogP contribution in [0, 0.1) is 0 Å². The molecule has 4 aliphatic carbocycles. The van der Waals surface area contributed by atoms with E-state index in [0.29, 0.717) is 24.2 Å². The summed E-state index contributed by atoms with van der Waals surface area (Å²) in [6.07, 6.45) is 26.8. The van der Waals surface area contributed by atoms with Crippen molar-refractivity contribution in [3.05, 3.63) is 0 Å². The van der Waals surface area contributed by atoms with Crippen LogP contribution < -0.4 is 0 Å². The van der Waals surface area contributed by atoms with Gasteiger partial charge >= 0.3 is 0 Å². The molecule has 4 fully saturated rings. The van der Waals surface area contributed by atoms with Gasteiger partial charge in [-0.15, -0.1) is 0 Å². The van der Waals surface area contributed by atoms with Gasteiger partial charge in [0.15, 0.2) is 0 Å². The van der Waals surface area contributed by atoms with Crippen molar-refractivity contribution in [2.75, 3.05) is 0 Å². The Morgan fingerprint density at radius 1 is 0.324 bits per heavy atom. The molecule has 214 valence electrons. The van der Waals surface area contributed by atoms with Gasteiger partial charge in [-0.1, -0.05) is 77.0 Å². The first-order chi connectivity index (χ1) is 17.5. The Morgan fingerprint density at radius 3 is 0.649 bits per heavy atom. The van der Waals surface area contributed by atoms with Crippen LogP contribution in [0.1, 0.15) is 156 Å². The van der Waals surface area contributed by atoms with Crippen molar-refractivity contribution < 1.29 is 16.5 Å². The summed E-state index contributed by atoms with van der Waals surface area (Å²) < 4.78 is 0. The van der Waals surface area contributed by atoms with E-state index in [2.05, 4.69) is 27.7 Å². The zero-order chi connectivity index (χ0) is 25.6. The summed E-state index contributed by atoms with van der Waals surface area (Å²) in [7, 11) is 0. The van der Waals surface area contributed by atoms with Crippen LogP contribution in [0.3, 0.4) is 0 Å². The number of nitrogens with zero attached hydrogens (tertiary/aromatic N) is 4. The quantitative estimate of drug-likeness (QED) is 0.232. The van der Waals surface area contributed by atoms with Crippen molar-refractivity contribution in [1.29, 1.82) is 0 Å². The molecule has 4 rings (SSSR count). The molecule has 5 heteroatoms. The second-order valence-corrected chi connectivity index (χ2v) is 12.0. The number of aliphatic imine (C=N–C) groups is 4. The van der Waals surface area contributed by atoms with Crippen LogP contribution in [0.4, 0.5) is 0 Å². The van der Waals surface area contributed by atoms with E-state index in [1.807, 2.05) is 0 Å². The molecule has 0 aromatic carbocycles. The zero-order valence-corrected chi connectivity index (χ0v) is 25.5. The normalized spacial score (nSPS) is 24.8. The third-order valence-corrected chi connectivity index (χ3v) is 8.85. The van der Waals surface area contributed by atoms with Gasteiger partial charge in [0.1, 0.15) is 0 Å². The van der Waals surface area contributed by atoms with Crippen molar-refractivity contribution >= 4 is 22.8 Å². The van der Waals surface area contributed by atoms with Gasteiger partial charge in [0.05, 0.1) is 47.0 Å². The molecule has 37 heavy (non-hydrogen) atoms. The average molecular weight is 556 g/mol. The minimum Gasteiger partial charge on any atom is -0.285 e. The molecule has 4 nitrogen and oxygen atoms in total. The SMILES string of the molecule is CC(=NC1CCCCC1)C(C)=NC1CCCCC1.CC(=NC1CCCCC1)C(C)=NC1CCCCC1.[Ni]. The predicted molar refractivity (Wildman–Crippen MR) is 160 cm³/mol. The molecule has 4 saturated carbocycles. The predicted octanol–water partition coefficient (Wildman–Crippen LogP) is 9.14. The maximum Gasteiger partial charge on any atom is 0.0528 e. The van der Waals surface area contributed by atoms with Crippen LogP contribution in [-0.4, -0.2) is 47.0 Å². The van der Waals surface area contributed by atoms with Crippen LogP contribution in [0.25, 0.3) is 0 Å². The van der Waals surface area contributed by atoms with E-state index in [0.717, 1.165) is 0 Å². The molecule has 0 unspecified atom stereocenters. The fourth-order valence-electron chi connectivity index (χ4n) is 6.31. The molecule has 0 aromatic heterocycles. The van der Waals surface area contributed by atoms with Crippen LogP contribution in [0.15, 0.2) is 20.0 Å². The van der Waals surface area contributed by atoms with E-state index in [-0.39, 0.29) is 16.5 Å². The Labute approximate surface area is 239 Å². The summed E-state index contributed by atoms with van der Waals surface area (Å²) in [4.78, 5) is 19.5. The molecular weight excluding hydrogens is 499 g/mol. The van der Waals surface area contributed by atoms with Crippen LogP contribution in [-0.2, 0) is 16.5 Å². The van der Waals surface area contributed by atoms with E-state index in [9.17, 15) is 0 Å². The first-order valence-electron chi connectivity index (χ1n) is 15.7. The van der Waals surface area contributed by atoms with Gasteiger partial charge in [-0.25, -0.2) is 0 Å². The molecule has 0 amide bonds. The monoisotopic (exact) mass is 554 g/mol. The Balaban J connectivity index is 0.000000253. The third-order valence-electron chi connectivity index (χ3n) is 8.85. The Bertz CT molecular complexity index is 617. The second-order valence-electron chi connectivity index (χ2n) is 12.0. The van der Waals surface area contributed by atoms with Gasteiger partial charge in [0.2, 0.25) is 0 Å². The molecular formula is C32H56N4Ni. The molecule has 0 aromatic rings. The number of rotatable bonds is 6. The summed E-state index contributed by atoms with van der Waals surface area (Å²) in [5.41, 5.74) is 4.75. The molecule has 0 aliphatic heterocycles. The van der Waals surface area contributed by atoms with Crippen LogP contribution in [0.2, 0.25) is 0 Å². The van der Waals surface area contributed by atoms with Crippen molar-refractivity contribution in [2.24, 2.45) is 20.0 Å². The largest absolute Gasteiger partial charge is 0.285 e. The van der Waals surface area contributed by atoms with Gasteiger partial charge in [-0.2, -0.15) is 0 Å². The standard InChI is InChI=1S/2C16H28N2.Ni/c2*1-13(17-15-9-5-3-6-10-15)14(2)18-16-11-7-4-8-12-16;/h2*15-16H,3-12H2,1-2H3;. The van der Waals surface area contributed by atoms with Gasteiger partial charge in [-0.3, -0.25) is 20.0 Å². The molecule has 0 saturated heterocycles. The van der Waals surface area contributed by atoms with Crippen LogP contribution >= 0.6 is 0 Å². The molecule has 4 aliphatic rings. The van der Waals surface area contributed by atoms with Crippen molar-refractivity contribution in [2.45, 2.75) is 180 Å². The molecule has 0 radical (unpaired) electrons. The first-order valence-corrected chi connectivity index (χ1v) is 15.7. The number of hydrogen-bond acceptors (Lipinski definition) is 4. The molecule has 0 N–H and O–H groups in total.